The Hall–Kier alpha value is -0.650. The maximum Gasteiger partial charge on any atom is 0.293 e. The van der Waals surface area contributed by atoms with Gasteiger partial charge < -0.3 is 15.2 Å². The maximum absolute atomic E-state index is 9.60. The highest BCUT2D eigenvalue weighted by atomic mass is 16.5. The lowest BCUT2D eigenvalue weighted by Gasteiger charge is -2.14. The molecule has 5 nitrogen and oxygen atoms in total. The highest BCUT2D eigenvalue weighted by molar-refractivity contribution is 5.37. The van der Waals surface area contributed by atoms with Gasteiger partial charge in [-0.1, -0.05) is 0 Å². The van der Waals surface area contributed by atoms with Crippen molar-refractivity contribution in [3.05, 3.63) is 0 Å². The first-order valence-corrected chi connectivity index (χ1v) is 6.64. The Kier molecular flexibility index (Phi) is 5.56. The normalized spacial score (nSPS) is 29.0. The van der Waals surface area contributed by atoms with Crippen LogP contribution in [0.4, 0.5) is 0 Å². The van der Waals surface area contributed by atoms with E-state index in [1.807, 2.05) is 20.8 Å². The molecule has 0 aliphatic carbocycles. The summed E-state index contributed by atoms with van der Waals surface area (Å²) in [6.07, 6.45) is 3.54. The fraction of sp³-hybridized carbons (Fsp3) is 0.923. The summed E-state index contributed by atoms with van der Waals surface area (Å²) < 4.78 is 10.2. The van der Waals surface area contributed by atoms with E-state index in [1.165, 1.54) is 12.8 Å². The SMILES string of the molecule is CC(C)(C)OC=O.NCCCCC12CN1CCO2. The topological polar surface area (TPSA) is 64.6 Å². The lowest BCUT2D eigenvalue weighted by Crippen LogP contribution is -2.17. The van der Waals surface area contributed by atoms with E-state index in [-0.39, 0.29) is 11.3 Å². The summed E-state index contributed by atoms with van der Waals surface area (Å²) in [5, 5.41) is 0. The highest BCUT2D eigenvalue weighted by Gasteiger charge is 2.55. The molecule has 0 aromatic rings. The van der Waals surface area contributed by atoms with E-state index in [0.717, 1.165) is 32.7 Å². The Morgan fingerprint density at radius 1 is 1.44 bits per heavy atom. The van der Waals surface area contributed by atoms with Gasteiger partial charge in [-0.25, -0.2) is 0 Å². The molecule has 2 saturated heterocycles. The summed E-state index contributed by atoms with van der Waals surface area (Å²) in [6, 6.07) is 0. The zero-order valence-corrected chi connectivity index (χ0v) is 11.8. The minimum atomic E-state index is -0.318. The van der Waals surface area contributed by atoms with E-state index in [0.29, 0.717) is 6.47 Å². The van der Waals surface area contributed by atoms with Gasteiger partial charge in [-0.15, -0.1) is 0 Å². The third-order valence-corrected chi connectivity index (χ3v) is 3.07. The predicted octanol–water partition coefficient (Wildman–Crippen LogP) is 1.12. The molecule has 0 amide bonds. The number of fused-ring (bicyclic) bond motifs is 1. The molecule has 0 aromatic heterocycles. The van der Waals surface area contributed by atoms with Crippen LogP contribution in [0.1, 0.15) is 40.0 Å². The Balaban J connectivity index is 0.000000203. The Labute approximate surface area is 110 Å². The van der Waals surface area contributed by atoms with Crippen molar-refractivity contribution in [2.24, 2.45) is 5.73 Å². The first kappa shape index (κ1) is 15.4. The van der Waals surface area contributed by atoms with Gasteiger partial charge in [0.25, 0.3) is 6.47 Å². The maximum atomic E-state index is 9.60. The van der Waals surface area contributed by atoms with Crippen LogP contribution >= 0.6 is 0 Å². The minimum absolute atomic E-state index is 0.190. The molecule has 18 heavy (non-hydrogen) atoms. The number of morpholine rings is 1. The molecule has 2 unspecified atom stereocenters. The van der Waals surface area contributed by atoms with Gasteiger partial charge in [0.1, 0.15) is 11.3 Å². The van der Waals surface area contributed by atoms with Crippen LogP contribution in [0.25, 0.3) is 0 Å². The van der Waals surface area contributed by atoms with Crippen molar-refractivity contribution >= 4 is 6.47 Å². The average Bonchev–Trinajstić information content (AvgIpc) is 2.80. The number of nitrogens with two attached hydrogens (primary N) is 1. The number of hydrogen-bond acceptors (Lipinski definition) is 5. The first-order chi connectivity index (χ1) is 8.43. The molecular formula is C13H26N2O3. The molecule has 2 aliphatic heterocycles. The summed E-state index contributed by atoms with van der Waals surface area (Å²) in [7, 11) is 0. The van der Waals surface area contributed by atoms with E-state index in [2.05, 4.69) is 9.64 Å². The van der Waals surface area contributed by atoms with Gasteiger partial charge in [-0.05, 0) is 46.6 Å². The van der Waals surface area contributed by atoms with Crippen molar-refractivity contribution in [2.75, 3.05) is 26.2 Å². The van der Waals surface area contributed by atoms with Crippen molar-refractivity contribution in [3.8, 4) is 0 Å². The van der Waals surface area contributed by atoms with Crippen LogP contribution in [0.2, 0.25) is 0 Å². The van der Waals surface area contributed by atoms with Crippen molar-refractivity contribution in [3.63, 3.8) is 0 Å². The minimum Gasteiger partial charge on any atom is -0.462 e. The molecule has 2 heterocycles. The number of hydrogen-bond donors (Lipinski definition) is 1. The summed E-state index contributed by atoms with van der Waals surface area (Å²) in [6.45, 7) is 9.98. The number of nitrogens with zero attached hydrogens (tertiary/aromatic N) is 1. The number of carbonyl (C=O) groups is 1. The molecule has 0 bridgehead atoms. The predicted molar refractivity (Wildman–Crippen MR) is 70.1 cm³/mol. The smallest absolute Gasteiger partial charge is 0.293 e. The van der Waals surface area contributed by atoms with Gasteiger partial charge in [-0.2, -0.15) is 0 Å². The van der Waals surface area contributed by atoms with Crippen molar-refractivity contribution in [1.29, 1.82) is 0 Å². The summed E-state index contributed by atoms with van der Waals surface area (Å²) in [5.41, 5.74) is 5.29. The zero-order chi connectivity index (χ0) is 13.6. The first-order valence-electron chi connectivity index (χ1n) is 6.64. The second-order valence-corrected chi connectivity index (χ2v) is 5.79. The molecule has 5 heteroatoms. The molecule has 106 valence electrons. The fourth-order valence-electron chi connectivity index (χ4n) is 2.03. The van der Waals surface area contributed by atoms with Crippen LogP contribution in [-0.2, 0) is 14.3 Å². The lowest BCUT2D eigenvalue weighted by atomic mass is 10.1. The molecule has 2 N–H and O–H groups in total. The average molecular weight is 258 g/mol. The van der Waals surface area contributed by atoms with E-state index in [1.54, 1.807) is 0 Å². The standard InChI is InChI=1S/C8H16N2O.C5H10O2/c9-4-2-1-3-8-7-10(8)5-6-11-8;1-5(2,3)7-4-6/h1-7,9H2;4H,1-3H3. The number of carbonyl (C=O) groups excluding carboxylic acids is 1. The summed E-state index contributed by atoms with van der Waals surface area (Å²) >= 11 is 0. The number of unbranched alkanes of at least 4 members (excludes halogenated alkanes) is 1. The van der Waals surface area contributed by atoms with Gasteiger partial charge in [0.2, 0.25) is 0 Å². The molecule has 0 radical (unpaired) electrons. The molecule has 0 aromatic carbocycles. The third kappa shape index (κ3) is 4.92. The van der Waals surface area contributed by atoms with E-state index < -0.39 is 0 Å². The Morgan fingerprint density at radius 3 is 2.50 bits per heavy atom. The van der Waals surface area contributed by atoms with Crippen LogP contribution in [-0.4, -0.2) is 48.9 Å². The van der Waals surface area contributed by atoms with Crippen LogP contribution in [0.15, 0.2) is 0 Å². The summed E-state index contributed by atoms with van der Waals surface area (Å²) in [4.78, 5) is 12.0. The van der Waals surface area contributed by atoms with Crippen LogP contribution in [0.3, 0.4) is 0 Å². The van der Waals surface area contributed by atoms with E-state index >= 15 is 0 Å². The van der Waals surface area contributed by atoms with Crippen LogP contribution in [0.5, 0.6) is 0 Å². The number of ether oxygens (including phenoxy) is 2. The highest BCUT2D eigenvalue weighted by Crippen LogP contribution is 2.41. The molecule has 0 spiro atoms. The van der Waals surface area contributed by atoms with Gasteiger partial charge >= 0.3 is 0 Å². The van der Waals surface area contributed by atoms with Crippen molar-refractivity contribution < 1.29 is 14.3 Å². The monoisotopic (exact) mass is 258 g/mol. The van der Waals surface area contributed by atoms with Gasteiger partial charge in [0, 0.05) is 13.1 Å². The molecular weight excluding hydrogens is 232 g/mol. The molecule has 2 rings (SSSR count). The second kappa shape index (κ2) is 6.50. The quantitative estimate of drug-likeness (QED) is 0.455. The van der Waals surface area contributed by atoms with Crippen LogP contribution in [0, 0.1) is 0 Å². The van der Waals surface area contributed by atoms with Crippen molar-refractivity contribution in [2.45, 2.75) is 51.4 Å². The largest absolute Gasteiger partial charge is 0.462 e. The Bertz CT molecular complexity index is 265. The summed E-state index contributed by atoms with van der Waals surface area (Å²) in [5.74, 6) is 0. The van der Waals surface area contributed by atoms with Crippen molar-refractivity contribution in [1.82, 2.24) is 4.90 Å². The zero-order valence-electron chi connectivity index (χ0n) is 11.8. The van der Waals surface area contributed by atoms with Crippen LogP contribution < -0.4 is 5.73 Å². The third-order valence-electron chi connectivity index (χ3n) is 3.07. The second-order valence-electron chi connectivity index (χ2n) is 5.79. The lowest BCUT2D eigenvalue weighted by molar-refractivity contribution is -0.138. The molecule has 2 aliphatic rings. The van der Waals surface area contributed by atoms with E-state index in [4.69, 9.17) is 10.5 Å². The number of rotatable bonds is 5. The van der Waals surface area contributed by atoms with E-state index in [9.17, 15) is 4.79 Å². The fourth-order valence-corrected chi connectivity index (χ4v) is 2.03. The Morgan fingerprint density at radius 2 is 2.17 bits per heavy atom. The van der Waals surface area contributed by atoms with Gasteiger partial charge in [0.05, 0.1) is 6.61 Å². The molecule has 2 fully saturated rings. The molecule has 2 atom stereocenters. The van der Waals surface area contributed by atoms with Gasteiger partial charge in [-0.3, -0.25) is 9.69 Å². The molecule has 0 saturated carbocycles. The van der Waals surface area contributed by atoms with Gasteiger partial charge in [0.15, 0.2) is 0 Å².